The molecule has 0 aliphatic heterocycles. The van der Waals surface area contributed by atoms with Crippen molar-refractivity contribution in [2.75, 3.05) is 4.72 Å². The van der Waals surface area contributed by atoms with Gasteiger partial charge >= 0.3 is 0 Å². The van der Waals surface area contributed by atoms with Gasteiger partial charge < -0.3 is 9.97 Å². The molecule has 0 radical (unpaired) electrons. The van der Waals surface area contributed by atoms with Crippen molar-refractivity contribution in [3.63, 3.8) is 0 Å². The van der Waals surface area contributed by atoms with E-state index < -0.39 is 15.3 Å². The predicted octanol–water partition coefficient (Wildman–Crippen LogP) is 4.28. The maximum atomic E-state index is 12.4. The molecule has 0 atom stereocenters. The molecular formula is C22H23N5O3S. The fourth-order valence-corrected chi connectivity index (χ4v) is 4.11. The van der Waals surface area contributed by atoms with Gasteiger partial charge in [0.2, 0.25) is 10.0 Å². The number of hydrogen-bond donors (Lipinski definition) is 3. The second-order valence-corrected chi connectivity index (χ2v) is 9.88. The van der Waals surface area contributed by atoms with Crippen LogP contribution in [0, 0.1) is 6.92 Å². The number of carbonyl (C=O) groups excluding carboxylic acids is 1. The molecule has 0 spiro atoms. The summed E-state index contributed by atoms with van der Waals surface area (Å²) < 4.78 is 26.8. The molecule has 0 saturated heterocycles. The lowest BCUT2D eigenvalue weighted by Gasteiger charge is -2.09. The van der Waals surface area contributed by atoms with Crippen LogP contribution in [-0.2, 0) is 10.0 Å². The van der Waals surface area contributed by atoms with E-state index in [9.17, 15) is 13.2 Å². The van der Waals surface area contributed by atoms with Crippen molar-refractivity contribution in [1.29, 1.82) is 0 Å². The molecule has 0 aliphatic rings. The zero-order valence-corrected chi connectivity index (χ0v) is 18.5. The molecule has 0 fully saturated rings. The van der Waals surface area contributed by atoms with Crippen molar-refractivity contribution in [1.82, 2.24) is 19.9 Å². The molecule has 3 N–H and O–H groups in total. The summed E-state index contributed by atoms with van der Waals surface area (Å²) in [7, 11) is -3.51. The number of aryl methyl sites for hydroxylation is 1. The third-order valence-corrected chi connectivity index (χ3v) is 6.79. The Bertz CT molecular complexity index is 1390. The summed E-state index contributed by atoms with van der Waals surface area (Å²) in [5, 5.41) is -0.583. The highest BCUT2D eigenvalue weighted by Gasteiger charge is 2.23. The van der Waals surface area contributed by atoms with Gasteiger partial charge in [-0.3, -0.25) is 9.52 Å². The highest BCUT2D eigenvalue weighted by molar-refractivity contribution is 7.93. The highest BCUT2D eigenvalue weighted by Crippen LogP contribution is 2.36. The minimum Gasteiger partial charge on any atom is -0.355 e. The summed E-state index contributed by atoms with van der Waals surface area (Å²) in [5.74, 6) is 0.675. The highest BCUT2D eigenvalue weighted by atomic mass is 32.2. The Morgan fingerprint density at radius 1 is 1.03 bits per heavy atom. The van der Waals surface area contributed by atoms with Crippen molar-refractivity contribution in [3.8, 4) is 22.6 Å². The van der Waals surface area contributed by atoms with Crippen LogP contribution in [0.5, 0.6) is 0 Å². The number of aromatic amines is 2. The van der Waals surface area contributed by atoms with E-state index in [0.717, 1.165) is 16.8 Å². The Hall–Kier alpha value is -3.46. The van der Waals surface area contributed by atoms with Crippen molar-refractivity contribution in [2.45, 2.75) is 32.9 Å². The van der Waals surface area contributed by atoms with Gasteiger partial charge in [-0.15, -0.1) is 0 Å². The molecule has 8 nitrogen and oxygen atoms in total. The summed E-state index contributed by atoms with van der Waals surface area (Å²) in [6.45, 7) is 6.59. The van der Waals surface area contributed by atoms with Crippen LogP contribution in [0.4, 0.5) is 5.82 Å². The van der Waals surface area contributed by atoms with E-state index in [0.29, 0.717) is 28.2 Å². The molecule has 1 aromatic carbocycles. The molecule has 4 aromatic rings. The Kier molecular flexibility index (Phi) is 5.14. The molecule has 0 bridgehead atoms. The molecule has 0 amide bonds. The van der Waals surface area contributed by atoms with Gasteiger partial charge in [0.25, 0.3) is 0 Å². The van der Waals surface area contributed by atoms with Crippen LogP contribution in [0.2, 0.25) is 0 Å². The third-order valence-electron chi connectivity index (χ3n) is 5.05. The number of ketones is 1. The van der Waals surface area contributed by atoms with Gasteiger partial charge in [-0.05, 0) is 45.4 Å². The molecule has 4 rings (SSSR count). The van der Waals surface area contributed by atoms with Crippen LogP contribution in [0.15, 0.2) is 42.5 Å². The fraction of sp³-hybridized carbons (Fsp3) is 0.227. The van der Waals surface area contributed by atoms with E-state index in [1.165, 1.54) is 0 Å². The maximum absolute atomic E-state index is 12.4. The molecule has 3 aromatic heterocycles. The largest absolute Gasteiger partial charge is 0.355 e. The summed E-state index contributed by atoms with van der Waals surface area (Å²) >= 11 is 0. The van der Waals surface area contributed by atoms with Crippen molar-refractivity contribution < 1.29 is 13.2 Å². The van der Waals surface area contributed by atoms with Crippen LogP contribution >= 0.6 is 0 Å². The van der Waals surface area contributed by atoms with Gasteiger partial charge in [-0.2, -0.15) is 0 Å². The molecule has 0 aliphatic carbocycles. The zero-order valence-electron chi connectivity index (χ0n) is 17.6. The average Bonchev–Trinajstić information content (AvgIpc) is 3.28. The lowest BCUT2D eigenvalue weighted by atomic mass is 9.98. The molecule has 31 heavy (non-hydrogen) atoms. The number of pyridine rings is 1. The minimum absolute atomic E-state index is 0.0431. The number of hydrogen-bond acceptors (Lipinski definition) is 5. The van der Waals surface area contributed by atoms with Gasteiger partial charge in [0.1, 0.15) is 5.82 Å². The predicted molar refractivity (Wildman–Crippen MR) is 122 cm³/mol. The van der Waals surface area contributed by atoms with E-state index in [1.54, 1.807) is 32.9 Å². The number of fused-ring (bicyclic) bond motifs is 1. The quantitative estimate of drug-likeness (QED) is 0.389. The number of rotatable bonds is 6. The van der Waals surface area contributed by atoms with Crippen LogP contribution in [0.1, 0.15) is 36.8 Å². The van der Waals surface area contributed by atoms with Crippen LogP contribution < -0.4 is 4.72 Å². The normalized spacial score (nSPS) is 11.9. The number of benzene rings is 1. The summed E-state index contributed by atoms with van der Waals surface area (Å²) in [5.41, 5.74) is 4.72. The first kappa shape index (κ1) is 20.8. The van der Waals surface area contributed by atoms with E-state index in [2.05, 4.69) is 24.7 Å². The first-order chi connectivity index (χ1) is 14.7. The van der Waals surface area contributed by atoms with Gasteiger partial charge in [-0.25, -0.2) is 18.4 Å². The smallest absolute Gasteiger partial charge is 0.236 e. The molecule has 0 unspecified atom stereocenters. The van der Waals surface area contributed by atoms with E-state index in [1.807, 2.05) is 37.3 Å². The third kappa shape index (κ3) is 3.84. The Morgan fingerprint density at radius 3 is 2.39 bits per heavy atom. The lowest BCUT2D eigenvalue weighted by molar-refractivity contribution is 0.101. The molecular weight excluding hydrogens is 414 g/mol. The van der Waals surface area contributed by atoms with Gasteiger partial charge in [0.05, 0.1) is 16.5 Å². The molecule has 9 heteroatoms. The van der Waals surface area contributed by atoms with Crippen molar-refractivity contribution in [3.05, 3.63) is 53.7 Å². The summed E-state index contributed by atoms with van der Waals surface area (Å²) in [6, 6.07) is 12.9. The van der Waals surface area contributed by atoms with Gasteiger partial charge in [-0.1, -0.05) is 30.3 Å². The van der Waals surface area contributed by atoms with Gasteiger partial charge in [0.15, 0.2) is 17.3 Å². The number of Topliss-reactive ketones (excluding diaryl/α,β-unsaturated/α-hetero) is 1. The van der Waals surface area contributed by atoms with E-state index in [-0.39, 0.29) is 11.6 Å². The van der Waals surface area contributed by atoms with Crippen LogP contribution in [-0.4, -0.2) is 39.4 Å². The second-order valence-electron chi connectivity index (χ2n) is 7.65. The monoisotopic (exact) mass is 437 g/mol. The van der Waals surface area contributed by atoms with Gasteiger partial charge in [0, 0.05) is 16.8 Å². The first-order valence-electron chi connectivity index (χ1n) is 9.85. The number of sulfonamides is 1. The van der Waals surface area contributed by atoms with Crippen LogP contribution in [0.25, 0.3) is 33.8 Å². The number of nitrogens with one attached hydrogen (secondary N) is 3. The molecule has 3 heterocycles. The maximum Gasteiger partial charge on any atom is 0.236 e. The standard InChI is InChI=1S/C22H23N5O3S/c1-12(2)31(29,30)27-17-11-10-16-21(25-17)26-22(24-16)20-19(15-8-6-5-7-9-15)18(14(4)28)13(3)23-20/h5-12,23H,1-4H3,(H2,24,25,26,27). The topological polar surface area (TPSA) is 121 Å². The zero-order chi connectivity index (χ0) is 22.3. The number of anilines is 1. The molecule has 0 saturated carbocycles. The minimum atomic E-state index is -3.51. The number of nitrogens with zero attached hydrogens (tertiary/aromatic N) is 2. The Morgan fingerprint density at radius 2 is 1.74 bits per heavy atom. The SMILES string of the molecule is CC(=O)c1c(C)[nH]c(-c2nc3nc(NS(=O)(=O)C(C)C)ccc3[nH]2)c1-c1ccccc1. The van der Waals surface area contributed by atoms with Crippen molar-refractivity contribution in [2.24, 2.45) is 0 Å². The number of imidazole rings is 1. The number of aromatic nitrogens is 4. The molecule has 160 valence electrons. The summed E-state index contributed by atoms with van der Waals surface area (Å²) in [6.07, 6.45) is 0. The lowest BCUT2D eigenvalue weighted by Crippen LogP contribution is -2.22. The second kappa shape index (κ2) is 7.66. The fourth-order valence-electron chi connectivity index (χ4n) is 3.47. The number of H-pyrrole nitrogens is 2. The van der Waals surface area contributed by atoms with Crippen molar-refractivity contribution >= 4 is 32.8 Å². The Labute approximate surface area is 180 Å². The van der Waals surface area contributed by atoms with Crippen LogP contribution in [0.3, 0.4) is 0 Å². The average molecular weight is 438 g/mol. The number of carbonyl (C=O) groups is 1. The summed E-state index contributed by atoms with van der Waals surface area (Å²) in [4.78, 5) is 27.8. The van der Waals surface area contributed by atoms with E-state index >= 15 is 0 Å². The first-order valence-corrected chi connectivity index (χ1v) is 11.4. The Balaban J connectivity index is 1.84. The van der Waals surface area contributed by atoms with E-state index in [4.69, 9.17) is 0 Å².